The largest absolute Gasteiger partial charge is 0.493 e. The van der Waals surface area contributed by atoms with Gasteiger partial charge in [0.2, 0.25) is 5.91 Å². The van der Waals surface area contributed by atoms with E-state index in [2.05, 4.69) is 24.1 Å². The summed E-state index contributed by atoms with van der Waals surface area (Å²) in [6, 6.07) is 12.9. The van der Waals surface area contributed by atoms with E-state index in [-0.39, 0.29) is 22.2 Å². The average molecular weight is 440 g/mol. The van der Waals surface area contributed by atoms with E-state index < -0.39 is 0 Å². The van der Waals surface area contributed by atoms with Crippen molar-refractivity contribution in [2.75, 3.05) is 25.3 Å². The molecule has 1 amide bonds. The molecule has 2 aromatic carbocycles. The zero-order valence-electron chi connectivity index (χ0n) is 17.9. The van der Waals surface area contributed by atoms with Crippen molar-refractivity contribution < 1.29 is 14.3 Å². The molecule has 0 aliphatic heterocycles. The number of thioether (sulfide) groups is 1. The van der Waals surface area contributed by atoms with Gasteiger partial charge in [-0.1, -0.05) is 37.7 Å². The minimum atomic E-state index is -0.311. The van der Waals surface area contributed by atoms with E-state index in [0.717, 1.165) is 17.4 Å². The molecule has 0 radical (unpaired) electrons. The molecule has 0 fully saturated rings. The van der Waals surface area contributed by atoms with Crippen LogP contribution in [0.4, 0.5) is 5.69 Å². The Kier molecular flexibility index (Phi) is 7.36. The SMILES string of the molecule is COc1ccc(-n2ccnc(SCC(=O)Nc3ccc(C(C)C)cc3)c2=O)cc1OC. The fourth-order valence-electron chi connectivity index (χ4n) is 2.95. The lowest BCUT2D eigenvalue weighted by Gasteiger charge is -2.12. The maximum absolute atomic E-state index is 12.9. The average Bonchev–Trinajstić information content (AvgIpc) is 2.78. The predicted molar refractivity (Wildman–Crippen MR) is 123 cm³/mol. The molecule has 8 heteroatoms. The van der Waals surface area contributed by atoms with E-state index in [0.29, 0.717) is 23.1 Å². The molecule has 3 aromatic rings. The van der Waals surface area contributed by atoms with E-state index in [4.69, 9.17) is 9.47 Å². The highest BCUT2D eigenvalue weighted by Gasteiger charge is 2.12. The number of hydrogen-bond acceptors (Lipinski definition) is 6. The van der Waals surface area contributed by atoms with Gasteiger partial charge in [0.05, 0.1) is 25.7 Å². The molecule has 162 valence electrons. The second-order valence-corrected chi connectivity index (χ2v) is 8.02. The first-order valence-corrected chi connectivity index (χ1v) is 10.7. The van der Waals surface area contributed by atoms with Gasteiger partial charge in [-0.3, -0.25) is 14.2 Å². The summed E-state index contributed by atoms with van der Waals surface area (Å²) in [5.74, 6) is 1.38. The first-order chi connectivity index (χ1) is 14.9. The first kappa shape index (κ1) is 22.4. The van der Waals surface area contributed by atoms with Crippen LogP contribution in [0.15, 0.2) is 64.7 Å². The van der Waals surface area contributed by atoms with Crippen LogP contribution in [0.1, 0.15) is 25.3 Å². The summed E-state index contributed by atoms with van der Waals surface area (Å²) in [7, 11) is 3.09. The molecule has 7 nitrogen and oxygen atoms in total. The summed E-state index contributed by atoms with van der Waals surface area (Å²) in [6.45, 7) is 4.23. The number of carbonyl (C=O) groups excluding carboxylic acids is 1. The summed E-state index contributed by atoms with van der Waals surface area (Å²) < 4.78 is 12.0. The van der Waals surface area contributed by atoms with E-state index >= 15 is 0 Å². The Morgan fingerprint density at radius 3 is 2.45 bits per heavy atom. The molecular formula is C23H25N3O4S. The van der Waals surface area contributed by atoms with Gasteiger partial charge in [0.15, 0.2) is 16.5 Å². The van der Waals surface area contributed by atoms with Crippen molar-refractivity contribution in [1.82, 2.24) is 9.55 Å². The smallest absolute Gasteiger partial charge is 0.287 e. The zero-order valence-corrected chi connectivity index (χ0v) is 18.7. The molecule has 0 atom stereocenters. The molecular weight excluding hydrogens is 414 g/mol. The number of carbonyl (C=O) groups is 1. The van der Waals surface area contributed by atoms with Crippen LogP contribution in [-0.4, -0.2) is 35.4 Å². The Labute approximate surface area is 185 Å². The topological polar surface area (TPSA) is 82.5 Å². The molecule has 1 heterocycles. The fraction of sp³-hybridized carbons (Fsp3) is 0.261. The van der Waals surface area contributed by atoms with Crippen LogP contribution < -0.4 is 20.3 Å². The van der Waals surface area contributed by atoms with Gasteiger partial charge in [0.25, 0.3) is 5.56 Å². The van der Waals surface area contributed by atoms with E-state index in [1.807, 2.05) is 24.3 Å². The van der Waals surface area contributed by atoms with Crippen molar-refractivity contribution >= 4 is 23.4 Å². The van der Waals surface area contributed by atoms with Gasteiger partial charge in [-0.25, -0.2) is 4.98 Å². The third-order valence-corrected chi connectivity index (χ3v) is 5.62. The highest BCUT2D eigenvalue weighted by Crippen LogP contribution is 2.28. The molecule has 0 unspecified atom stereocenters. The second-order valence-electron chi connectivity index (χ2n) is 7.06. The summed E-state index contributed by atoms with van der Waals surface area (Å²) in [5, 5.41) is 3.08. The lowest BCUT2D eigenvalue weighted by molar-refractivity contribution is -0.113. The molecule has 0 spiro atoms. The van der Waals surface area contributed by atoms with Gasteiger partial charge in [-0.2, -0.15) is 0 Å². The van der Waals surface area contributed by atoms with Crippen molar-refractivity contribution in [1.29, 1.82) is 0 Å². The van der Waals surface area contributed by atoms with E-state index in [1.165, 1.54) is 23.4 Å². The normalized spacial score (nSPS) is 10.7. The van der Waals surface area contributed by atoms with Crippen molar-refractivity contribution in [2.45, 2.75) is 24.8 Å². The summed E-state index contributed by atoms with van der Waals surface area (Å²) >= 11 is 1.10. The molecule has 1 N–H and O–H groups in total. The molecule has 31 heavy (non-hydrogen) atoms. The zero-order chi connectivity index (χ0) is 22.4. The third-order valence-electron chi connectivity index (χ3n) is 4.66. The maximum atomic E-state index is 12.9. The number of hydrogen-bond donors (Lipinski definition) is 1. The monoisotopic (exact) mass is 439 g/mol. The van der Waals surface area contributed by atoms with Gasteiger partial charge in [0, 0.05) is 24.1 Å². The molecule has 0 saturated carbocycles. The van der Waals surface area contributed by atoms with Crippen molar-refractivity contribution in [3.63, 3.8) is 0 Å². The van der Waals surface area contributed by atoms with Gasteiger partial charge in [0.1, 0.15) is 0 Å². The highest BCUT2D eigenvalue weighted by molar-refractivity contribution is 7.99. The molecule has 0 bridgehead atoms. The Hall–Kier alpha value is -3.26. The summed E-state index contributed by atoms with van der Waals surface area (Å²) in [6.07, 6.45) is 3.10. The highest BCUT2D eigenvalue weighted by atomic mass is 32.2. The number of benzene rings is 2. The molecule has 3 rings (SSSR count). The van der Waals surface area contributed by atoms with Crippen molar-refractivity contribution in [3.05, 3.63) is 70.8 Å². The van der Waals surface area contributed by atoms with Crippen LogP contribution in [0.2, 0.25) is 0 Å². The standard InChI is InChI=1S/C23H25N3O4S/c1-15(2)16-5-7-17(8-6-16)25-21(27)14-31-22-23(28)26(12-11-24-22)18-9-10-19(29-3)20(13-18)30-4/h5-13,15H,14H2,1-4H3,(H,25,27). The van der Waals surface area contributed by atoms with Crippen LogP contribution in [0, 0.1) is 0 Å². The van der Waals surface area contributed by atoms with Crippen LogP contribution in [0.5, 0.6) is 11.5 Å². The Morgan fingerprint density at radius 1 is 1.10 bits per heavy atom. The summed E-state index contributed by atoms with van der Waals surface area (Å²) in [5.41, 5.74) is 2.23. The van der Waals surface area contributed by atoms with Gasteiger partial charge in [-0.15, -0.1) is 0 Å². The number of methoxy groups -OCH3 is 2. The number of aromatic nitrogens is 2. The van der Waals surface area contributed by atoms with Gasteiger partial charge >= 0.3 is 0 Å². The van der Waals surface area contributed by atoms with Gasteiger partial charge in [-0.05, 0) is 35.7 Å². The molecule has 0 saturated heterocycles. The minimum absolute atomic E-state index is 0.0735. The number of nitrogens with zero attached hydrogens (tertiary/aromatic N) is 2. The van der Waals surface area contributed by atoms with Crippen molar-refractivity contribution in [3.8, 4) is 17.2 Å². The number of rotatable bonds is 8. The number of nitrogens with one attached hydrogen (secondary N) is 1. The van der Waals surface area contributed by atoms with E-state index in [9.17, 15) is 9.59 Å². The van der Waals surface area contributed by atoms with Crippen molar-refractivity contribution in [2.24, 2.45) is 0 Å². The van der Waals surface area contributed by atoms with Gasteiger partial charge < -0.3 is 14.8 Å². The first-order valence-electron chi connectivity index (χ1n) is 9.75. The molecule has 0 aliphatic rings. The Bertz CT molecular complexity index is 1110. The molecule has 1 aromatic heterocycles. The lowest BCUT2D eigenvalue weighted by Crippen LogP contribution is -2.22. The van der Waals surface area contributed by atoms with Crippen LogP contribution >= 0.6 is 11.8 Å². The number of ether oxygens (including phenoxy) is 2. The van der Waals surface area contributed by atoms with Crippen LogP contribution in [0.3, 0.4) is 0 Å². The Balaban J connectivity index is 1.70. The predicted octanol–water partition coefficient (Wildman–Crippen LogP) is 4.10. The van der Waals surface area contributed by atoms with E-state index in [1.54, 1.807) is 31.5 Å². The molecule has 0 aliphatic carbocycles. The quantitative estimate of drug-likeness (QED) is 0.532. The lowest BCUT2D eigenvalue weighted by atomic mass is 10.0. The number of amides is 1. The van der Waals surface area contributed by atoms with Crippen LogP contribution in [0.25, 0.3) is 5.69 Å². The minimum Gasteiger partial charge on any atom is -0.493 e. The fourth-order valence-corrected chi connectivity index (χ4v) is 3.65. The van der Waals surface area contributed by atoms with Crippen LogP contribution in [-0.2, 0) is 4.79 Å². The second kappa shape index (κ2) is 10.2. The maximum Gasteiger partial charge on any atom is 0.287 e. The Morgan fingerprint density at radius 2 is 1.81 bits per heavy atom. The number of anilines is 1. The summed E-state index contributed by atoms with van der Waals surface area (Å²) in [4.78, 5) is 29.3. The third kappa shape index (κ3) is 5.46.